The maximum absolute atomic E-state index is 6.50. The molecule has 0 saturated heterocycles. The molecule has 0 aromatic heterocycles. The standard InChI is InChI=1S/C13H35NO2Si3.C10H28O2Si3.C3H7N/c1-8-9-12-17(2,3)15-19(6,7)16-18(4,5)13-10-11-14;1-8-9-10-14(4,5)12-15(6,7)11-13(2)3;1-2-3-4/h8-14H2,1-7H3;13H,8-10H2,1-7H3;2H,1,3-4H2. The Morgan fingerprint density at radius 2 is 0.947 bits per heavy atom. The highest BCUT2D eigenvalue weighted by Gasteiger charge is 2.39. The Labute approximate surface area is 246 Å². The van der Waals surface area contributed by atoms with Crippen molar-refractivity contribution in [3.63, 3.8) is 0 Å². The summed E-state index contributed by atoms with van der Waals surface area (Å²) in [4.78, 5) is 0. The lowest BCUT2D eigenvalue weighted by Gasteiger charge is -2.38. The maximum Gasteiger partial charge on any atom is 0.311 e. The molecule has 0 aliphatic heterocycles. The van der Waals surface area contributed by atoms with Gasteiger partial charge in [0.05, 0.1) is 0 Å². The molecule has 0 aromatic rings. The Balaban J connectivity index is -0.000000576. The van der Waals surface area contributed by atoms with Gasteiger partial charge < -0.3 is 27.9 Å². The SMILES string of the molecule is C=CCN.CCCC[Si](C)(C)O[Si](C)(C)O[SiH](C)C.CCCC[Si](C)(C)O[Si](C)(C)O[Si](C)(C)CCCN. The van der Waals surface area contributed by atoms with Gasteiger partial charge in [0, 0.05) is 6.54 Å². The minimum absolute atomic E-state index is 0.583. The van der Waals surface area contributed by atoms with E-state index in [-0.39, 0.29) is 0 Å². The molecule has 0 fully saturated rings. The summed E-state index contributed by atoms with van der Waals surface area (Å²) in [6, 6.07) is 3.65. The van der Waals surface area contributed by atoms with Crippen LogP contribution in [0.25, 0.3) is 0 Å². The Bertz CT molecular complexity index is 568. The van der Waals surface area contributed by atoms with E-state index in [9.17, 15) is 0 Å². The van der Waals surface area contributed by atoms with Crippen LogP contribution in [-0.2, 0) is 16.5 Å². The lowest BCUT2D eigenvalue weighted by Crippen LogP contribution is -2.52. The molecule has 0 heterocycles. The second-order valence-corrected chi connectivity index (χ2v) is 36.3. The van der Waals surface area contributed by atoms with Crippen LogP contribution in [0.2, 0.25) is 96.7 Å². The Hall–Kier alpha value is 0.801. The van der Waals surface area contributed by atoms with Crippen molar-refractivity contribution in [2.45, 2.75) is 143 Å². The molecule has 0 aliphatic carbocycles. The average Bonchev–Trinajstić information content (AvgIpc) is 2.72. The Morgan fingerprint density at radius 3 is 1.21 bits per heavy atom. The summed E-state index contributed by atoms with van der Waals surface area (Å²) in [5.74, 6) is 0. The van der Waals surface area contributed by atoms with Gasteiger partial charge >= 0.3 is 17.1 Å². The van der Waals surface area contributed by atoms with E-state index in [1.807, 2.05) is 0 Å². The van der Waals surface area contributed by atoms with Crippen molar-refractivity contribution >= 4 is 51.1 Å². The number of unbranched alkanes of at least 4 members (excludes halogenated alkanes) is 2. The monoisotopic (exact) mass is 642 g/mol. The zero-order chi connectivity index (χ0) is 30.7. The molecule has 0 saturated carbocycles. The number of rotatable bonds is 18. The van der Waals surface area contributed by atoms with E-state index in [4.69, 9.17) is 27.9 Å². The van der Waals surface area contributed by atoms with Crippen molar-refractivity contribution < 1.29 is 16.5 Å². The number of nitrogens with two attached hydrogens (primary N) is 2. The van der Waals surface area contributed by atoms with Crippen LogP contribution in [0.1, 0.15) is 46.0 Å². The Kier molecular flexibility index (Phi) is 24.5. The quantitative estimate of drug-likeness (QED) is 0.116. The lowest BCUT2D eigenvalue weighted by atomic mass is 10.4. The molecule has 0 aliphatic rings. The predicted molar refractivity (Wildman–Crippen MR) is 188 cm³/mol. The molecule has 232 valence electrons. The highest BCUT2D eigenvalue weighted by atomic mass is 28.5. The maximum atomic E-state index is 6.50. The average molecular weight is 643 g/mol. The van der Waals surface area contributed by atoms with E-state index in [2.05, 4.69) is 99.0 Å². The second-order valence-electron chi connectivity index (χ2n) is 13.2. The molecule has 0 amide bonds. The van der Waals surface area contributed by atoms with Gasteiger partial charge in [0.25, 0.3) is 0 Å². The van der Waals surface area contributed by atoms with Crippen LogP contribution in [0.4, 0.5) is 0 Å². The van der Waals surface area contributed by atoms with Crippen molar-refractivity contribution in [1.29, 1.82) is 0 Å². The summed E-state index contributed by atoms with van der Waals surface area (Å²) in [7, 11) is -9.41. The van der Waals surface area contributed by atoms with Crippen LogP contribution in [0.3, 0.4) is 0 Å². The van der Waals surface area contributed by atoms with Crippen LogP contribution in [-0.4, -0.2) is 64.2 Å². The van der Waals surface area contributed by atoms with Gasteiger partial charge in [-0.3, -0.25) is 0 Å². The minimum atomic E-state index is -1.99. The predicted octanol–water partition coefficient (Wildman–Crippen LogP) is 8.12. The molecular weight excluding hydrogens is 573 g/mol. The third-order valence-electron chi connectivity index (χ3n) is 5.50. The summed E-state index contributed by atoms with van der Waals surface area (Å²) in [5.41, 5.74) is 10.5. The van der Waals surface area contributed by atoms with E-state index >= 15 is 0 Å². The van der Waals surface area contributed by atoms with Gasteiger partial charge in [0.15, 0.2) is 34.0 Å². The zero-order valence-corrected chi connectivity index (χ0v) is 34.4. The molecule has 0 atom stereocenters. The van der Waals surface area contributed by atoms with E-state index in [0.29, 0.717) is 6.54 Å². The smallest absolute Gasteiger partial charge is 0.311 e. The normalized spacial score (nSPS) is 13.0. The van der Waals surface area contributed by atoms with Crippen LogP contribution in [0.15, 0.2) is 12.7 Å². The third-order valence-corrected chi connectivity index (χ3v) is 26.9. The van der Waals surface area contributed by atoms with Crippen molar-refractivity contribution in [3.05, 3.63) is 12.7 Å². The van der Waals surface area contributed by atoms with Gasteiger partial charge in [-0.1, -0.05) is 45.6 Å². The van der Waals surface area contributed by atoms with Crippen LogP contribution < -0.4 is 11.5 Å². The zero-order valence-electron chi connectivity index (χ0n) is 28.2. The summed E-state index contributed by atoms with van der Waals surface area (Å²) in [6.45, 7) is 36.3. The first-order chi connectivity index (χ1) is 17.1. The molecule has 12 heteroatoms. The lowest BCUT2D eigenvalue weighted by molar-refractivity contribution is 0.386. The Morgan fingerprint density at radius 1 is 0.632 bits per heavy atom. The topological polar surface area (TPSA) is 89.0 Å². The first kappa shape index (κ1) is 43.3. The van der Waals surface area contributed by atoms with Gasteiger partial charge in [-0.05, 0) is 110 Å². The molecule has 0 bridgehead atoms. The van der Waals surface area contributed by atoms with Crippen molar-refractivity contribution in [2.75, 3.05) is 13.1 Å². The third kappa shape index (κ3) is 29.8. The van der Waals surface area contributed by atoms with Crippen molar-refractivity contribution in [2.24, 2.45) is 11.5 Å². The van der Waals surface area contributed by atoms with Gasteiger partial charge in [0.1, 0.15) is 0 Å². The first-order valence-corrected chi connectivity index (χ1v) is 32.7. The van der Waals surface area contributed by atoms with Gasteiger partial charge in [-0.2, -0.15) is 0 Å². The molecule has 38 heavy (non-hydrogen) atoms. The highest BCUT2D eigenvalue weighted by molar-refractivity contribution is 6.88. The second kappa shape index (κ2) is 21.5. The fraction of sp³-hybridized carbons (Fsp3) is 0.923. The summed E-state index contributed by atoms with van der Waals surface area (Å²) in [6.07, 6.45) is 7.81. The van der Waals surface area contributed by atoms with Crippen LogP contribution in [0, 0.1) is 0 Å². The van der Waals surface area contributed by atoms with E-state index < -0.39 is 51.1 Å². The molecule has 0 aromatic carbocycles. The van der Waals surface area contributed by atoms with Gasteiger partial charge in [-0.15, -0.1) is 6.58 Å². The minimum Gasteiger partial charge on any atom is -0.440 e. The molecule has 0 spiro atoms. The molecule has 0 radical (unpaired) electrons. The molecule has 0 rings (SSSR count). The van der Waals surface area contributed by atoms with Crippen LogP contribution in [0.5, 0.6) is 0 Å². The van der Waals surface area contributed by atoms with Crippen molar-refractivity contribution in [1.82, 2.24) is 0 Å². The summed E-state index contributed by atoms with van der Waals surface area (Å²) >= 11 is 0. The molecule has 4 N–H and O–H groups in total. The molecule has 6 nitrogen and oxygen atoms in total. The van der Waals surface area contributed by atoms with E-state index in [1.54, 1.807) is 6.08 Å². The first-order valence-electron chi connectivity index (χ1n) is 14.9. The number of hydrogen-bond donors (Lipinski definition) is 2. The molecule has 0 unspecified atom stereocenters. The van der Waals surface area contributed by atoms with Gasteiger partial charge in [-0.25, -0.2) is 0 Å². The van der Waals surface area contributed by atoms with E-state index in [0.717, 1.165) is 19.0 Å². The van der Waals surface area contributed by atoms with Crippen LogP contribution >= 0.6 is 0 Å². The van der Waals surface area contributed by atoms with Crippen molar-refractivity contribution in [3.8, 4) is 0 Å². The molecular formula is C26H70N2O4Si6. The highest BCUT2D eigenvalue weighted by Crippen LogP contribution is 2.26. The number of hydrogen-bond acceptors (Lipinski definition) is 6. The largest absolute Gasteiger partial charge is 0.440 e. The van der Waals surface area contributed by atoms with E-state index in [1.165, 1.54) is 37.8 Å². The fourth-order valence-electron chi connectivity index (χ4n) is 4.49. The van der Waals surface area contributed by atoms with Gasteiger partial charge in [0.2, 0.25) is 0 Å². The summed E-state index contributed by atoms with van der Waals surface area (Å²) in [5, 5.41) is 0. The summed E-state index contributed by atoms with van der Waals surface area (Å²) < 4.78 is 25.4. The fourth-order valence-corrected chi connectivity index (χ4v) is 30.9.